The van der Waals surface area contributed by atoms with Gasteiger partial charge in [0, 0.05) is 43.5 Å². The van der Waals surface area contributed by atoms with Gasteiger partial charge in [-0.3, -0.25) is 4.90 Å². The van der Waals surface area contributed by atoms with Gasteiger partial charge in [-0.1, -0.05) is 0 Å². The molecule has 0 aliphatic carbocycles. The predicted octanol–water partition coefficient (Wildman–Crippen LogP) is 1.85. The molecule has 3 heterocycles. The second-order valence-corrected chi connectivity index (χ2v) is 5.72. The van der Waals surface area contributed by atoms with Gasteiger partial charge in [0.1, 0.15) is 5.82 Å². The van der Waals surface area contributed by atoms with Crippen molar-refractivity contribution in [3.63, 3.8) is 0 Å². The maximum absolute atomic E-state index is 10.7. The van der Waals surface area contributed by atoms with Crippen molar-refractivity contribution in [1.82, 2.24) is 9.88 Å². The molecule has 2 aliphatic rings. The Morgan fingerprint density at radius 2 is 2.19 bits per heavy atom. The summed E-state index contributed by atoms with van der Waals surface area (Å²) in [5, 5.41) is 8.82. The molecule has 1 N–H and O–H groups in total. The monoisotopic (exact) mass is 287 g/mol. The molecular formula is C16H21N3O2. The number of anilines is 1. The minimum absolute atomic E-state index is 0.616. The van der Waals surface area contributed by atoms with Gasteiger partial charge in [-0.05, 0) is 44.0 Å². The van der Waals surface area contributed by atoms with Crippen LogP contribution >= 0.6 is 0 Å². The van der Waals surface area contributed by atoms with E-state index < -0.39 is 5.97 Å². The maximum Gasteiger partial charge on any atom is 0.328 e. The Bertz CT molecular complexity index is 544. The first-order chi connectivity index (χ1) is 10.2. The van der Waals surface area contributed by atoms with E-state index in [2.05, 4.69) is 14.8 Å². The Morgan fingerprint density at radius 1 is 1.33 bits per heavy atom. The fourth-order valence-electron chi connectivity index (χ4n) is 3.36. The summed E-state index contributed by atoms with van der Waals surface area (Å²) in [6.07, 6.45) is 8.28. The smallest absolute Gasteiger partial charge is 0.328 e. The maximum atomic E-state index is 10.7. The van der Waals surface area contributed by atoms with Crippen LogP contribution < -0.4 is 4.90 Å². The molecule has 2 aliphatic heterocycles. The molecule has 2 saturated heterocycles. The van der Waals surface area contributed by atoms with Crippen LogP contribution in [0.15, 0.2) is 24.4 Å². The van der Waals surface area contributed by atoms with Crippen LogP contribution in [-0.2, 0) is 4.79 Å². The van der Waals surface area contributed by atoms with Gasteiger partial charge >= 0.3 is 5.97 Å². The Hall–Kier alpha value is -1.88. The van der Waals surface area contributed by atoms with Crippen molar-refractivity contribution >= 4 is 17.9 Å². The summed E-state index contributed by atoms with van der Waals surface area (Å²) in [5.41, 5.74) is 0.881. The van der Waals surface area contributed by atoms with Crippen molar-refractivity contribution in [2.45, 2.75) is 25.3 Å². The van der Waals surface area contributed by atoms with Gasteiger partial charge in [0.2, 0.25) is 0 Å². The Balaban J connectivity index is 1.83. The van der Waals surface area contributed by atoms with Crippen LogP contribution in [0.25, 0.3) is 6.08 Å². The minimum Gasteiger partial charge on any atom is -0.478 e. The van der Waals surface area contributed by atoms with Gasteiger partial charge in [0.15, 0.2) is 0 Å². The molecule has 1 atom stereocenters. The van der Waals surface area contributed by atoms with E-state index in [4.69, 9.17) is 5.11 Å². The quantitative estimate of drug-likeness (QED) is 0.860. The molecule has 3 rings (SSSR count). The Morgan fingerprint density at radius 3 is 3.05 bits per heavy atom. The van der Waals surface area contributed by atoms with Gasteiger partial charge in [-0.25, -0.2) is 9.78 Å². The first-order valence-electron chi connectivity index (χ1n) is 7.59. The summed E-state index contributed by atoms with van der Waals surface area (Å²) in [5.74, 6) is -0.0219. The molecule has 1 aromatic rings. The highest BCUT2D eigenvalue weighted by Crippen LogP contribution is 2.26. The Labute approximate surface area is 124 Å². The third-order valence-electron chi connectivity index (χ3n) is 4.33. The Kier molecular flexibility index (Phi) is 4.20. The molecule has 0 saturated carbocycles. The van der Waals surface area contributed by atoms with E-state index in [9.17, 15) is 4.79 Å². The molecule has 0 bridgehead atoms. The molecule has 5 nitrogen and oxygen atoms in total. The molecule has 0 aromatic carbocycles. The van der Waals surface area contributed by atoms with Crippen molar-refractivity contribution < 1.29 is 9.90 Å². The molecule has 112 valence electrons. The summed E-state index contributed by atoms with van der Waals surface area (Å²) >= 11 is 0. The molecule has 5 heteroatoms. The number of pyridine rings is 1. The third-order valence-corrected chi connectivity index (χ3v) is 4.33. The number of aliphatic carboxylic acids is 1. The van der Waals surface area contributed by atoms with Crippen LogP contribution in [-0.4, -0.2) is 53.2 Å². The summed E-state index contributed by atoms with van der Waals surface area (Å²) in [6, 6.07) is 4.40. The molecule has 1 unspecified atom stereocenters. The number of hydrogen-bond donors (Lipinski definition) is 1. The molecule has 0 radical (unpaired) electrons. The van der Waals surface area contributed by atoms with Crippen molar-refractivity contribution in [3.8, 4) is 0 Å². The fraction of sp³-hybridized carbons (Fsp3) is 0.500. The highest BCUT2D eigenvalue weighted by molar-refractivity contribution is 5.86. The standard InChI is InChI=1S/C16H21N3O2/c20-15(21)7-6-13-4-1-8-17-16(13)19-11-3-10-18-9-2-5-14(18)12-19/h1,4,6-8,14H,2-3,5,9-12H2,(H,20,21)/b7-6+. The SMILES string of the molecule is O=C(O)/C=C/c1cccnc1N1CCCN2CCCC2C1. The van der Waals surface area contributed by atoms with E-state index in [1.54, 1.807) is 12.3 Å². The van der Waals surface area contributed by atoms with Crippen LogP contribution in [0.5, 0.6) is 0 Å². The van der Waals surface area contributed by atoms with Crippen LogP contribution in [0.4, 0.5) is 5.82 Å². The molecular weight excluding hydrogens is 266 g/mol. The van der Waals surface area contributed by atoms with Crippen molar-refractivity contribution in [2.24, 2.45) is 0 Å². The van der Waals surface area contributed by atoms with Gasteiger partial charge in [-0.15, -0.1) is 0 Å². The minimum atomic E-state index is -0.928. The lowest BCUT2D eigenvalue weighted by atomic mass is 10.2. The average Bonchev–Trinajstić information content (AvgIpc) is 2.82. The van der Waals surface area contributed by atoms with Crippen LogP contribution in [0.2, 0.25) is 0 Å². The zero-order chi connectivity index (χ0) is 14.7. The number of carboxylic acids is 1. The third kappa shape index (κ3) is 3.24. The highest BCUT2D eigenvalue weighted by Gasteiger charge is 2.29. The number of hydrogen-bond acceptors (Lipinski definition) is 4. The van der Waals surface area contributed by atoms with Crippen molar-refractivity contribution in [3.05, 3.63) is 30.0 Å². The normalized spacial score (nSPS) is 23.2. The van der Waals surface area contributed by atoms with Gasteiger partial charge in [0.05, 0.1) is 0 Å². The number of rotatable bonds is 3. The second-order valence-electron chi connectivity index (χ2n) is 5.72. The first-order valence-corrected chi connectivity index (χ1v) is 7.59. The van der Waals surface area contributed by atoms with Gasteiger partial charge in [-0.2, -0.15) is 0 Å². The second kappa shape index (κ2) is 6.26. The highest BCUT2D eigenvalue weighted by atomic mass is 16.4. The number of aromatic nitrogens is 1. The fourth-order valence-corrected chi connectivity index (χ4v) is 3.36. The molecule has 2 fully saturated rings. The first kappa shape index (κ1) is 14.1. The summed E-state index contributed by atoms with van der Waals surface area (Å²) in [6.45, 7) is 4.35. The lowest BCUT2D eigenvalue weighted by molar-refractivity contribution is -0.131. The molecule has 0 amide bonds. The van der Waals surface area contributed by atoms with E-state index in [0.29, 0.717) is 6.04 Å². The lowest BCUT2D eigenvalue weighted by Crippen LogP contribution is -2.37. The van der Waals surface area contributed by atoms with E-state index in [1.165, 1.54) is 25.5 Å². The molecule has 0 spiro atoms. The van der Waals surface area contributed by atoms with E-state index in [0.717, 1.165) is 37.4 Å². The number of fused-ring (bicyclic) bond motifs is 1. The van der Waals surface area contributed by atoms with Crippen molar-refractivity contribution in [2.75, 3.05) is 31.1 Å². The number of carboxylic acid groups (broad SMARTS) is 1. The zero-order valence-electron chi connectivity index (χ0n) is 12.1. The summed E-state index contributed by atoms with van der Waals surface area (Å²) < 4.78 is 0. The van der Waals surface area contributed by atoms with Crippen LogP contribution in [0, 0.1) is 0 Å². The predicted molar refractivity (Wildman–Crippen MR) is 82.3 cm³/mol. The average molecular weight is 287 g/mol. The summed E-state index contributed by atoms with van der Waals surface area (Å²) in [4.78, 5) is 20.1. The largest absolute Gasteiger partial charge is 0.478 e. The van der Waals surface area contributed by atoms with Gasteiger partial charge in [0.25, 0.3) is 0 Å². The van der Waals surface area contributed by atoms with Crippen LogP contribution in [0.3, 0.4) is 0 Å². The topological polar surface area (TPSA) is 56.7 Å². The lowest BCUT2D eigenvalue weighted by Gasteiger charge is -2.27. The van der Waals surface area contributed by atoms with Gasteiger partial charge < -0.3 is 10.0 Å². The van der Waals surface area contributed by atoms with E-state index in [-0.39, 0.29) is 0 Å². The van der Waals surface area contributed by atoms with Crippen molar-refractivity contribution in [1.29, 1.82) is 0 Å². The summed E-state index contributed by atoms with van der Waals surface area (Å²) in [7, 11) is 0. The molecule has 1 aromatic heterocycles. The van der Waals surface area contributed by atoms with Crippen LogP contribution in [0.1, 0.15) is 24.8 Å². The molecule has 21 heavy (non-hydrogen) atoms. The number of carbonyl (C=O) groups is 1. The van der Waals surface area contributed by atoms with E-state index >= 15 is 0 Å². The zero-order valence-corrected chi connectivity index (χ0v) is 12.1. The number of nitrogens with zero attached hydrogens (tertiary/aromatic N) is 3. The van der Waals surface area contributed by atoms with E-state index in [1.807, 2.05) is 12.1 Å².